The summed E-state index contributed by atoms with van der Waals surface area (Å²) in [5.74, 6) is 0.222. The number of amides is 3. The van der Waals surface area contributed by atoms with Crippen molar-refractivity contribution in [3.8, 4) is 5.75 Å². The Labute approximate surface area is 167 Å². The lowest BCUT2D eigenvalue weighted by molar-refractivity contribution is -0.118. The van der Waals surface area contributed by atoms with E-state index in [1.807, 2.05) is 13.8 Å². The second kappa shape index (κ2) is 7.58. The minimum Gasteiger partial charge on any atom is -0.493 e. The van der Waals surface area contributed by atoms with Gasteiger partial charge < -0.3 is 15.0 Å². The van der Waals surface area contributed by atoms with Gasteiger partial charge in [-0.1, -0.05) is 26.0 Å². The molecule has 3 aromatic rings. The molecule has 0 spiro atoms. The average Bonchev–Trinajstić information content (AvgIpc) is 3.22. The van der Waals surface area contributed by atoms with Gasteiger partial charge in [0.25, 0.3) is 5.91 Å². The number of carbonyl (C=O) groups is 2. The molecule has 2 heterocycles. The summed E-state index contributed by atoms with van der Waals surface area (Å²) in [5.41, 5.74) is 1.75. The molecule has 150 valence electrons. The van der Waals surface area contributed by atoms with Crippen LogP contribution >= 0.6 is 0 Å². The maximum absolute atomic E-state index is 14.2. The molecule has 4 rings (SSSR count). The molecule has 1 aliphatic heterocycles. The molecule has 0 radical (unpaired) electrons. The lowest BCUT2D eigenvalue weighted by atomic mass is 10.0. The molecule has 1 atom stereocenters. The van der Waals surface area contributed by atoms with E-state index < -0.39 is 12.1 Å². The summed E-state index contributed by atoms with van der Waals surface area (Å²) in [7, 11) is 0. The van der Waals surface area contributed by atoms with Crippen molar-refractivity contribution >= 4 is 28.5 Å². The van der Waals surface area contributed by atoms with E-state index in [1.165, 1.54) is 6.07 Å². The van der Waals surface area contributed by atoms with Crippen LogP contribution in [0.5, 0.6) is 5.75 Å². The second-order valence-electron chi connectivity index (χ2n) is 7.56. The van der Waals surface area contributed by atoms with Crippen LogP contribution in [0, 0.1) is 11.7 Å². The molecule has 6 nitrogen and oxygen atoms in total. The summed E-state index contributed by atoms with van der Waals surface area (Å²) < 4.78 is 19.9. The lowest BCUT2D eigenvalue weighted by Gasteiger charge is -2.15. The van der Waals surface area contributed by atoms with Gasteiger partial charge in [-0.15, -0.1) is 0 Å². The predicted molar refractivity (Wildman–Crippen MR) is 109 cm³/mol. The first-order valence-electron chi connectivity index (χ1n) is 9.56. The van der Waals surface area contributed by atoms with Crippen LogP contribution in [0.3, 0.4) is 0 Å². The summed E-state index contributed by atoms with van der Waals surface area (Å²) in [6.07, 6.45) is 1.88. The molecule has 1 fully saturated rings. The number of rotatable bonds is 6. The number of hydrogen-bond donors (Lipinski definition) is 2. The first-order valence-corrected chi connectivity index (χ1v) is 9.56. The number of aromatic nitrogens is 1. The third-order valence-corrected chi connectivity index (χ3v) is 4.84. The number of halogens is 1. The number of H-pyrrole nitrogens is 1. The Hall–Kier alpha value is -3.35. The van der Waals surface area contributed by atoms with Crippen molar-refractivity contribution in [3.63, 3.8) is 0 Å². The van der Waals surface area contributed by atoms with Gasteiger partial charge in [-0.05, 0) is 35.7 Å². The van der Waals surface area contributed by atoms with Gasteiger partial charge in [-0.25, -0.2) is 14.1 Å². The van der Waals surface area contributed by atoms with E-state index in [0.29, 0.717) is 40.4 Å². The van der Waals surface area contributed by atoms with Gasteiger partial charge in [-0.2, -0.15) is 0 Å². The van der Waals surface area contributed by atoms with Crippen molar-refractivity contribution in [1.29, 1.82) is 0 Å². The number of ether oxygens (including phenoxy) is 1. The van der Waals surface area contributed by atoms with Gasteiger partial charge in [0.15, 0.2) is 0 Å². The smallest absolute Gasteiger partial charge is 0.329 e. The Kier molecular flexibility index (Phi) is 4.96. The van der Waals surface area contributed by atoms with Crippen molar-refractivity contribution in [3.05, 3.63) is 60.0 Å². The molecule has 29 heavy (non-hydrogen) atoms. The van der Waals surface area contributed by atoms with Gasteiger partial charge in [0, 0.05) is 29.6 Å². The topological polar surface area (TPSA) is 74.4 Å². The molecule has 0 saturated carbocycles. The van der Waals surface area contributed by atoms with Gasteiger partial charge in [0.1, 0.15) is 17.6 Å². The summed E-state index contributed by atoms with van der Waals surface area (Å²) in [4.78, 5) is 29.6. The van der Waals surface area contributed by atoms with Crippen LogP contribution < -0.4 is 15.0 Å². The van der Waals surface area contributed by atoms with Crippen molar-refractivity contribution in [2.24, 2.45) is 5.92 Å². The highest BCUT2D eigenvalue weighted by Crippen LogP contribution is 2.27. The fourth-order valence-corrected chi connectivity index (χ4v) is 3.48. The van der Waals surface area contributed by atoms with E-state index in [9.17, 15) is 14.0 Å². The third kappa shape index (κ3) is 3.68. The van der Waals surface area contributed by atoms with Crippen LogP contribution in [-0.2, 0) is 11.2 Å². The Morgan fingerprint density at radius 3 is 2.76 bits per heavy atom. The summed E-state index contributed by atoms with van der Waals surface area (Å²) >= 11 is 0. The van der Waals surface area contributed by atoms with Gasteiger partial charge >= 0.3 is 6.03 Å². The Morgan fingerprint density at radius 2 is 1.97 bits per heavy atom. The summed E-state index contributed by atoms with van der Waals surface area (Å²) in [6, 6.07) is 10.4. The largest absolute Gasteiger partial charge is 0.493 e. The van der Waals surface area contributed by atoms with E-state index in [0.717, 1.165) is 4.90 Å². The molecule has 7 heteroatoms. The van der Waals surface area contributed by atoms with Crippen molar-refractivity contribution in [1.82, 2.24) is 10.3 Å². The zero-order chi connectivity index (χ0) is 20.5. The Morgan fingerprint density at radius 1 is 1.17 bits per heavy atom. The van der Waals surface area contributed by atoms with Crippen LogP contribution in [0.15, 0.2) is 48.7 Å². The maximum atomic E-state index is 14.2. The number of fused-ring (bicyclic) bond motifs is 1. The number of anilines is 1. The quantitative estimate of drug-likeness (QED) is 0.620. The number of imide groups is 1. The normalized spacial score (nSPS) is 16.7. The predicted octanol–water partition coefficient (Wildman–Crippen LogP) is 4.01. The molecule has 1 aliphatic rings. The molecule has 2 aromatic carbocycles. The summed E-state index contributed by atoms with van der Waals surface area (Å²) in [6.45, 7) is 4.62. The van der Waals surface area contributed by atoms with E-state index in [1.54, 1.807) is 42.6 Å². The van der Waals surface area contributed by atoms with E-state index in [-0.39, 0.29) is 18.1 Å². The molecule has 1 unspecified atom stereocenters. The molecule has 1 aromatic heterocycles. The Balaban J connectivity index is 1.55. The highest BCUT2D eigenvalue weighted by molar-refractivity contribution is 6.21. The Bertz CT molecular complexity index is 1080. The van der Waals surface area contributed by atoms with E-state index in [4.69, 9.17) is 4.74 Å². The van der Waals surface area contributed by atoms with Crippen LogP contribution in [0.25, 0.3) is 10.9 Å². The highest BCUT2D eigenvalue weighted by Gasteiger charge is 2.39. The minimum atomic E-state index is -0.763. The number of nitrogens with one attached hydrogen (secondary N) is 2. The fourth-order valence-electron chi connectivity index (χ4n) is 3.48. The average molecular weight is 395 g/mol. The van der Waals surface area contributed by atoms with Crippen LogP contribution in [0.4, 0.5) is 14.9 Å². The SMILES string of the molecule is CC(C)COc1cccc(N2C(=O)NC(Cc3c[nH]c4cccc(F)c34)C2=O)c1. The molecule has 1 saturated heterocycles. The monoisotopic (exact) mass is 395 g/mol. The van der Waals surface area contributed by atoms with Crippen molar-refractivity contribution in [2.45, 2.75) is 26.3 Å². The van der Waals surface area contributed by atoms with E-state index in [2.05, 4.69) is 10.3 Å². The number of aromatic amines is 1. The van der Waals surface area contributed by atoms with Gasteiger partial charge in [-0.3, -0.25) is 4.79 Å². The minimum absolute atomic E-state index is 0.200. The van der Waals surface area contributed by atoms with Crippen LogP contribution in [0.1, 0.15) is 19.4 Å². The first-order chi connectivity index (χ1) is 13.9. The van der Waals surface area contributed by atoms with E-state index >= 15 is 0 Å². The molecule has 0 bridgehead atoms. The maximum Gasteiger partial charge on any atom is 0.329 e. The number of hydrogen-bond acceptors (Lipinski definition) is 3. The standard InChI is InChI=1S/C22H22FN3O3/c1-13(2)12-29-16-6-3-5-15(10-16)26-21(27)19(25-22(26)28)9-14-11-24-18-8-4-7-17(23)20(14)18/h3-8,10-11,13,19,24H,9,12H2,1-2H3,(H,25,28). The highest BCUT2D eigenvalue weighted by atomic mass is 19.1. The van der Waals surface area contributed by atoms with Gasteiger partial charge in [0.05, 0.1) is 12.3 Å². The zero-order valence-corrected chi connectivity index (χ0v) is 16.2. The number of urea groups is 1. The second-order valence-corrected chi connectivity index (χ2v) is 7.56. The fraction of sp³-hybridized carbons (Fsp3) is 0.273. The van der Waals surface area contributed by atoms with Crippen LogP contribution in [0.2, 0.25) is 0 Å². The van der Waals surface area contributed by atoms with Gasteiger partial charge in [0.2, 0.25) is 0 Å². The molecule has 2 N–H and O–H groups in total. The number of benzene rings is 2. The lowest BCUT2D eigenvalue weighted by Crippen LogP contribution is -2.32. The first kappa shape index (κ1) is 19.0. The molecule has 0 aliphatic carbocycles. The molecule has 3 amide bonds. The molecular formula is C22H22FN3O3. The summed E-state index contributed by atoms with van der Waals surface area (Å²) in [5, 5.41) is 3.15. The molecular weight excluding hydrogens is 373 g/mol. The number of nitrogens with zero attached hydrogens (tertiary/aromatic N) is 1. The van der Waals surface area contributed by atoms with Crippen molar-refractivity contribution in [2.75, 3.05) is 11.5 Å². The van der Waals surface area contributed by atoms with Crippen molar-refractivity contribution < 1.29 is 18.7 Å². The number of carbonyl (C=O) groups excluding carboxylic acids is 2. The zero-order valence-electron chi connectivity index (χ0n) is 16.2. The van der Waals surface area contributed by atoms with Crippen LogP contribution in [-0.4, -0.2) is 29.6 Å². The third-order valence-electron chi connectivity index (χ3n) is 4.84.